The minimum Gasteiger partial charge on any atom is -0.305 e. The quantitative estimate of drug-likeness (QED) is 0.562. The largest absolute Gasteiger partial charge is 0.394 e. The van der Waals surface area contributed by atoms with Crippen molar-refractivity contribution in [2.24, 2.45) is 0 Å². The molecule has 0 aliphatic heterocycles. The van der Waals surface area contributed by atoms with Crippen molar-refractivity contribution in [2.75, 3.05) is 0 Å². The van der Waals surface area contributed by atoms with Gasteiger partial charge in [0.25, 0.3) is 0 Å². The van der Waals surface area contributed by atoms with Crippen LogP contribution in [-0.2, 0) is 6.42 Å². The Labute approximate surface area is 84.1 Å². The molecule has 0 bridgehead atoms. The summed E-state index contributed by atoms with van der Waals surface area (Å²) in [5, 5.41) is 10.3. The lowest BCUT2D eigenvalue weighted by atomic mass is 10.2. The van der Waals surface area contributed by atoms with Crippen molar-refractivity contribution in [3.8, 4) is 0 Å². The van der Waals surface area contributed by atoms with E-state index in [0.29, 0.717) is 0 Å². The topological polar surface area (TPSA) is 109 Å². The maximum atomic E-state index is 12.0. The molecule has 0 spiro atoms. The van der Waals surface area contributed by atoms with Gasteiger partial charge < -0.3 is 4.98 Å². The summed E-state index contributed by atoms with van der Waals surface area (Å²) in [4.78, 5) is 33.7. The van der Waals surface area contributed by atoms with E-state index in [0.717, 1.165) is 0 Å². The molecule has 2 N–H and O–H groups in total. The van der Waals surface area contributed by atoms with E-state index in [9.17, 15) is 32.9 Å². The molecule has 1 rings (SSSR count). The van der Waals surface area contributed by atoms with Gasteiger partial charge in [-0.2, -0.15) is 13.2 Å². The van der Waals surface area contributed by atoms with Crippen molar-refractivity contribution < 1.29 is 18.1 Å². The molecule has 0 fully saturated rings. The van der Waals surface area contributed by atoms with Gasteiger partial charge >= 0.3 is 23.1 Å². The monoisotopic (exact) mass is 239 g/mol. The Balaban J connectivity index is 3.42. The van der Waals surface area contributed by atoms with E-state index in [1.165, 1.54) is 4.98 Å². The Morgan fingerprint density at radius 3 is 2.25 bits per heavy atom. The van der Waals surface area contributed by atoms with Gasteiger partial charge in [0, 0.05) is 0 Å². The number of aromatic amines is 2. The molecule has 0 saturated carbocycles. The minimum atomic E-state index is -4.76. The van der Waals surface area contributed by atoms with Crippen molar-refractivity contribution in [2.45, 2.75) is 12.6 Å². The second-order valence-electron chi connectivity index (χ2n) is 2.78. The number of nitro groups is 1. The van der Waals surface area contributed by atoms with Gasteiger partial charge in [0.15, 0.2) is 0 Å². The first-order valence-electron chi connectivity index (χ1n) is 3.77. The number of nitrogens with one attached hydrogen (secondary N) is 2. The van der Waals surface area contributed by atoms with Crippen LogP contribution in [0.2, 0.25) is 0 Å². The molecule has 7 nitrogen and oxygen atoms in total. The number of aromatic nitrogens is 2. The molecule has 0 saturated heterocycles. The fraction of sp³-hybridized carbons (Fsp3) is 0.333. The molecule has 0 atom stereocenters. The molecule has 1 aromatic heterocycles. The SMILES string of the molecule is O=c1[nH]c(CC(F)(F)F)c([N+](=O)[O-])c(=O)[nH]1. The number of hydrogen-bond donors (Lipinski definition) is 2. The fourth-order valence-electron chi connectivity index (χ4n) is 1.05. The van der Waals surface area contributed by atoms with Crippen LogP contribution >= 0.6 is 0 Å². The second-order valence-corrected chi connectivity index (χ2v) is 2.78. The highest BCUT2D eigenvalue weighted by molar-refractivity contribution is 5.32. The molecule has 0 amide bonds. The van der Waals surface area contributed by atoms with E-state index in [4.69, 9.17) is 0 Å². The van der Waals surface area contributed by atoms with Gasteiger partial charge in [0.1, 0.15) is 5.69 Å². The predicted molar refractivity (Wildman–Crippen MR) is 44.1 cm³/mol. The first-order chi connectivity index (χ1) is 7.20. The molecular formula is C6H4F3N3O4. The van der Waals surface area contributed by atoms with Gasteiger partial charge in [-0.25, -0.2) is 4.79 Å². The van der Waals surface area contributed by atoms with E-state index in [1.807, 2.05) is 0 Å². The molecule has 0 aliphatic rings. The molecule has 88 valence electrons. The summed E-state index contributed by atoms with van der Waals surface area (Å²) in [6.07, 6.45) is -6.51. The molecule has 10 heteroatoms. The number of rotatable bonds is 2. The molecule has 0 unspecified atom stereocenters. The zero-order chi connectivity index (χ0) is 12.5. The molecule has 0 radical (unpaired) electrons. The summed E-state index contributed by atoms with van der Waals surface area (Å²) < 4.78 is 36.0. The number of hydrogen-bond acceptors (Lipinski definition) is 4. The molecule has 16 heavy (non-hydrogen) atoms. The van der Waals surface area contributed by atoms with Crippen molar-refractivity contribution in [3.05, 3.63) is 36.6 Å². The van der Waals surface area contributed by atoms with E-state index in [1.54, 1.807) is 4.98 Å². The first kappa shape index (κ1) is 11.9. The number of H-pyrrole nitrogens is 2. The third-order valence-corrected chi connectivity index (χ3v) is 1.55. The Kier molecular flexibility index (Phi) is 2.83. The highest BCUT2D eigenvalue weighted by Gasteiger charge is 2.34. The highest BCUT2D eigenvalue weighted by atomic mass is 19.4. The Morgan fingerprint density at radius 1 is 1.25 bits per heavy atom. The number of nitrogens with zero attached hydrogens (tertiary/aromatic N) is 1. The fourth-order valence-corrected chi connectivity index (χ4v) is 1.05. The predicted octanol–water partition coefficient (Wildman–Crippen LogP) is 0.0762. The maximum absolute atomic E-state index is 12.0. The van der Waals surface area contributed by atoms with Crippen molar-refractivity contribution >= 4 is 5.69 Å². The maximum Gasteiger partial charge on any atom is 0.394 e. The standard InChI is InChI=1S/C6H4F3N3O4/c7-6(8,9)1-2-3(12(15)16)4(13)11-5(14)10-2/h1H2,(H2,10,11,13,14). The zero-order valence-corrected chi connectivity index (χ0v) is 7.42. The van der Waals surface area contributed by atoms with Crippen molar-refractivity contribution in [3.63, 3.8) is 0 Å². The Morgan fingerprint density at radius 2 is 1.81 bits per heavy atom. The summed E-state index contributed by atoms with van der Waals surface area (Å²) in [5.74, 6) is 0. The summed E-state index contributed by atoms with van der Waals surface area (Å²) in [5.41, 5.74) is -5.06. The van der Waals surface area contributed by atoms with Gasteiger partial charge in [-0.05, 0) is 0 Å². The molecular weight excluding hydrogens is 235 g/mol. The number of alkyl halides is 3. The van der Waals surface area contributed by atoms with Crippen LogP contribution in [0.15, 0.2) is 9.59 Å². The third-order valence-electron chi connectivity index (χ3n) is 1.55. The molecule has 0 aromatic carbocycles. The van der Waals surface area contributed by atoms with Crippen molar-refractivity contribution in [1.29, 1.82) is 0 Å². The van der Waals surface area contributed by atoms with Crippen LogP contribution in [0.4, 0.5) is 18.9 Å². The van der Waals surface area contributed by atoms with Crippen LogP contribution in [-0.4, -0.2) is 21.1 Å². The van der Waals surface area contributed by atoms with Gasteiger partial charge in [-0.1, -0.05) is 0 Å². The van der Waals surface area contributed by atoms with E-state index >= 15 is 0 Å². The molecule has 0 aliphatic carbocycles. The van der Waals surface area contributed by atoms with E-state index in [-0.39, 0.29) is 0 Å². The lowest BCUT2D eigenvalue weighted by Gasteiger charge is -2.05. The summed E-state index contributed by atoms with van der Waals surface area (Å²) in [7, 11) is 0. The van der Waals surface area contributed by atoms with Gasteiger partial charge in [-0.15, -0.1) is 0 Å². The van der Waals surface area contributed by atoms with Crippen molar-refractivity contribution in [1.82, 2.24) is 9.97 Å². The molecule has 1 heterocycles. The Hall–Kier alpha value is -2.13. The van der Waals surface area contributed by atoms with Crippen LogP contribution in [0.3, 0.4) is 0 Å². The average Bonchev–Trinajstić information content (AvgIpc) is 1.96. The van der Waals surface area contributed by atoms with E-state index in [2.05, 4.69) is 0 Å². The summed E-state index contributed by atoms with van der Waals surface area (Å²) in [6, 6.07) is 0. The van der Waals surface area contributed by atoms with Gasteiger partial charge in [0.2, 0.25) is 0 Å². The van der Waals surface area contributed by atoms with Crippen LogP contribution in [0, 0.1) is 10.1 Å². The molecule has 1 aromatic rings. The first-order valence-corrected chi connectivity index (χ1v) is 3.77. The lowest BCUT2D eigenvalue weighted by molar-refractivity contribution is -0.387. The van der Waals surface area contributed by atoms with Crippen LogP contribution in [0.5, 0.6) is 0 Å². The van der Waals surface area contributed by atoms with E-state index < -0.39 is 40.2 Å². The smallest absolute Gasteiger partial charge is 0.305 e. The summed E-state index contributed by atoms with van der Waals surface area (Å²) in [6.45, 7) is 0. The normalized spacial score (nSPS) is 11.4. The number of halogens is 3. The second kappa shape index (κ2) is 3.79. The Bertz CT molecular complexity index is 529. The van der Waals surface area contributed by atoms with Gasteiger partial charge in [0.05, 0.1) is 11.3 Å². The average molecular weight is 239 g/mol. The zero-order valence-electron chi connectivity index (χ0n) is 7.42. The summed E-state index contributed by atoms with van der Waals surface area (Å²) >= 11 is 0. The van der Waals surface area contributed by atoms with Crippen LogP contribution in [0.25, 0.3) is 0 Å². The minimum absolute atomic E-state index is 1.06. The van der Waals surface area contributed by atoms with Crippen LogP contribution in [0.1, 0.15) is 5.69 Å². The third kappa shape index (κ3) is 2.68. The lowest BCUT2D eigenvalue weighted by Crippen LogP contribution is -2.29. The van der Waals surface area contributed by atoms with Crippen LogP contribution < -0.4 is 11.2 Å². The highest BCUT2D eigenvalue weighted by Crippen LogP contribution is 2.22. The van der Waals surface area contributed by atoms with Gasteiger partial charge in [-0.3, -0.25) is 19.9 Å².